The van der Waals surface area contributed by atoms with E-state index in [1.807, 2.05) is 13.8 Å². The first kappa shape index (κ1) is 22.1. The molecule has 0 atom stereocenters. The summed E-state index contributed by atoms with van der Waals surface area (Å²) in [6.07, 6.45) is 0. The number of carbonyl (C=O) groups excluding carboxylic acids is 1. The lowest BCUT2D eigenvalue weighted by Gasteiger charge is -2.24. The van der Waals surface area contributed by atoms with Gasteiger partial charge in [-0.25, -0.2) is 8.42 Å². The van der Waals surface area contributed by atoms with E-state index in [2.05, 4.69) is 0 Å². The van der Waals surface area contributed by atoms with Crippen LogP contribution in [0, 0.1) is 12.8 Å². The molecule has 1 amide bonds. The van der Waals surface area contributed by atoms with Gasteiger partial charge in [-0.05, 0) is 30.5 Å². The standard InChI is InChI=1S/C18H28N2O5S/c1-6-20(7-2)26(24,25)15-9-8-14(5)16(10-15)18(23)19(11-13(3)4)12-17(21)22/h8-10,13H,6-7,11-12H2,1-5H3,(H,21,22). The molecule has 146 valence electrons. The van der Waals surface area contributed by atoms with Crippen molar-refractivity contribution in [2.75, 3.05) is 26.2 Å². The Kier molecular flexibility index (Phi) is 7.77. The van der Waals surface area contributed by atoms with Crippen molar-refractivity contribution in [3.63, 3.8) is 0 Å². The largest absolute Gasteiger partial charge is 0.480 e. The van der Waals surface area contributed by atoms with Crippen molar-refractivity contribution in [1.29, 1.82) is 0 Å². The fourth-order valence-electron chi connectivity index (χ4n) is 2.70. The van der Waals surface area contributed by atoms with Crippen molar-refractivity contribution in [2.24, 2.45) is 5.92 Å². The zero-order chi connectivity index (χ0) is 20.1. The van der Waals surface area contributed by atoms with Crippen molar-refractivity contribution in [3.05, 3.63) is 29.3 Å². The predicted molar refractivity (Wildman–Crippen MR) is 99.7 cm³/mol. The number of carbonyl (C=O) groups is 2. The molecule has 0 aliphatic heterocycles. The molecule has 0 spiro atoms. The molecule has 1 rings (SSSR count). The van der Waals surface area contributed by atoms with Gasteiger partial charge in [-0.2, -0.15) is 4.31 Å². The SMILES string of the molecule is CCN(CC)S(=O)(=O)c1ccc(C)c(C(=O)N(CC(=O)O)CC(C)C)c1. The molecule has 7 nitrogen and oxygen atoms in total. The third-order valence-corrected chi connectivity index (χ3v) is 6.03. The van der Waals surface area contributed by atoms with Crippen molar-refractivity contribution < 1.29 is 23.1 Å². The molecule has 1 N–H and O–H groups in total. The van der Waals surface area contributed by atoms with Gasteiger partial charge in [-0.1, -0.05) is 33.8 Å². The molecular weight excluding hydrogens is 356 g/mol. The highest BCUT2D eigenvalue weighted by Crippen LogP contribution is 2.21. The Morgan fingerprint density at radius 2 is 1.73 bits per heavy atom. The number of aryl methyl sites for hydroxylation is 1. The molecule has 0 heterocycles. The van der Waals surface area contributed by atoms with Crippen LogP contribution in [0.4, 0.5) is 0 Å². The summed E-state index contributed by atoms with van der Waals surface area (Å²) >= 11 is 0. The summed E-state index contributed by atoms with van der Waals surface area (Å²) in [6.45, 7) is 9.48. The Bertz CT molecular complexity index is 755. The van der Waals surface area contributed by atoms with E-state index >= 15 is 0 Å². The zero-order valence-electron chi connectivity index (χ0n) is 16.0. The second kappa shape index (κ2) is 9.14. The smallest absolute Gasteiger partial charge is 0.323 e. The van der Waals surface area contributed by atoms with Crippen molar-refractivity contribution in [1.82, 2.24) is 9.21 Å². The molecule has 0 saturated heterocycles. The fraction of sp³-hybridized carbons (Fsp3) is 0.556. The van der Waals surface area contributed by atoms with Gasteiger partial charge < -0.3 is 10.0 Å². The number of aliphatic carboxylic acids is 1. The lowest BCUT2D eigenvalue weighted by atomic mass is 10.1. The molecule has 1 aromatic rings. The van der Waals surface area contributed by atoms with Gasteiger partial charge in [0.25, 0.3) is 5.91 Å². The molecule has 8 heteroatoms. The zero-order valence-corrected chi connectivity index (χ0v) is 16.8. The number of benzene rings is 1. The molecule has 0 radical (unpaired) electrons. The summed E-state index contributed by atoms with van der Waals surface area (Å²) < 4.78 is 26.7. The van der Waals surface area contributed by atoms with Gasteiger partial charge in [0.05, 0.1) is 4.90 Å². The van der Waals surface area contributed by atoms with Crippen molar-refractivity contribution >= 4 is 21.9 Å². The van der Waals surface area contributed by atoms with Crippen LogP contribution in [0.25, 0.3) is 0 Å². The molecule has 0 aliphatic carbocycles. The van der Waals surface area contributed by atoms with Crippen molar-refractivity contribution in [3.8, 4) is 0 Å². The summed E-state index contributed by atoms with van der Waals surface area (Å²) in [5.41, 5.74) is 0.813. The normalized spacial score (nSPS) is 11.8. The average Bonchev–Trinajstić information content (AvgIpc) is 2.53. The van der Waals surface area contributed by atoms with Crippen molar-refractivity contribution in [2.45, 2.75) is 39.5 Å². The van der Waals surface area contributed by atoms with Crippen LogP contribution in [0.5, 0.6) is 0 Å². The van der Waals surface area contributed by atoms with Crippen LogP contribution in [0.15, 0.2) is 23.1 Å². The number of amides is 1. The average molecular weight is 384 g/mol. The van der Waals surface area contributed by atoms with Crippen LogP contribution in [0.3, 0.4) is 0 Å². The number of carboxylic acid groups (broad SMARTS) is 1. The van der Waals surface area contributed by atoms with Crippen LogP contribution < -0.4 is 0 Å². The van der Waals surface area contributed by atoms with Gasteiger partial charge in [0.2, 0.25) is 10.0 Å². The molecule has 0 aromatic heterocycles. The van der Waals surface area contributed by atoms with E-state index < -0.39 is 28.4 Å². The molecule has 0 saturated carbocycles. The molecule has 1 aromatic carbocycles. The summed E-state index contributed by atoms with van der Waals surface area (Å²) in [6, 6.07) is 4.40. The minimum Gasteiger partial charge on any atom is -0.480 e. The maximum absolute atomic E-state index is 12.9. The Morgan fingerprint density at radius 1 is 1.15 bits per heavy atom. The van der Waals surface area contributed by atoms with E-state index in [9.17, 15) is 18.0 Å². The number of hydrogen-bond donors (Lipinski definition) is 1. The predicted octanol–water partition coefficient (Wildman–Crippen LogP) is 2.21. The van der Waals surface area contributed by atoms with Crippen LogP contribution in [-0.4, -0.2) is 60.8 Å². The van der Waals surface area contributed by atoms with Gasteiger partial charge in [0.15, 0.2) is 0 Å². The van der Waals surface area contributed by atoms with Gasteiger partial charge in [0.1, 0.15) is 6.54 Å². The van der Waals surface area contributed by atoms with Gasteiger partial charge in [0, 0.05) is 25.2 Å². The number of rotatable bonds is 9. The topological polar surface area (TPSA) is 95.0 Å². The first-order valence-electron chi connectivity index (χ1n) is 8.66. The Balaban J connectivity index is 3.35. The lowest BCUT2D eigenvalue weighted by Crippen LogP contribution is -2.38. The van der Waals surface area contributed by atoms with E-state index in [4.69, 9.17) is 5.11 Å². The molecule has 0 unspecified atom stereocenters. The van der Waals surface area contributed by atoms with Gasteiger partial charge in [-0.15, -0.1) is 0 Å². The van der Waals surface area contributed by atoms with Gasteiger partial charge >= 0.3 is 5.97 Å². The number of hydrogen-bond acceptors (Lipinski definition) is 4. The van der Waals surface area contributed by atoms with Crippen LogP contribution in [-0.2, 0) is 14.8 Å². The number of nitrogens with zero attached hydrogens (tertiary/aromatic N) is 2. The Labute approximate surface area is 155 Å². The maximum atomic E-state index is 12.9. The summed E-state index contributed by atoms with van der Waals surface area (Å²) in [7, 11) is -3.70. The third-order valence-electron chi connectivity index (χ3n) is 3.98. The highest BCUT2D eigenvalue weighted by Gasteiger charge is 2.26. The molecule has 26 heavy (non-hydrogen) atoms. The van der Waals surface area contributed by atoms with E-state index in [1.54, 1.807) is 26.8 Å². The molecule has 0 aliphatic rings. The summed E-state index contributed by atoms with van der Waals surface area (Å²) in [5.74, 6) is -1.50. The Morgan fingerprint density at radius 3 is 2.19 bits per heavy atom. The molecular formula is C18H28N2O5S. The first-order valence-corrected chi connectivity index (χ1v) is 10.1. The highest BCUT2D eigenvalue weighted by molar-refractivity contribution is 7.89. The fourth-order valence-corrected chi connectivity index (χ4v) is 4.18. The Hall–Kier alpha value is -1.93. The summed E-state index contributed by atoms with van der Waals surface area (Å²) in [5, 5.41) is 9.09. The van der Waals surface area contributed by atoms with Crippen LogP contribution >= 0.6 is 0 Å². The minimum atomic E-state index is -3.70. The molecule has 0 fully saturated rings. The summed E-state index contributed by atoms with van der Waals surface area (Å²) in [4.78, 5) is 25.3. The van der Waals surface area contributed by atoms with Crippen LogP contribution in [0.1, 0.15) is 43.6 Å². The molecule has 0 bridgehead atoms. The second-order valence-corrected chi connectivity index (χ2v) is 8.48. The number of carboxylic acids is 1. The van der Waals surface area contributed by atoms with E-state index in [1.165, 1.54) is 21.3 Å². The maximum Gasteiger partial charge on any atom is 0.323 e. The minimum absolute atomic E-state index is 0.0370. The van der Waals surface area contributed by atoms with Crippen LogP contribution in [0.2, 0.25) is 0 Å². The monoisotopic (exact) mass is 384 g/mol. The van der Waals surface area contributed by atoms with E-state index in [0.29, 0.717) is 18.7 Å². The highest BCUT2D eigenvalue weighted by atomic mass is 32.2. The third kappa shape index (κ3) is 5.28. The van der Waals surface area contributed by atoms with E-state index in [0.717, 1.165) is 0 Å². The number of sulfonamides is 1. The van der Waals surface area contributed by atoms with E-state index in [-0.39, 0.29) is 22.9 Å². The quantitative estimate of drug-likeness (QED) is 0.704. The van der Waals surface area contributed by atoms with Gasteiger partial charge in [-0.3, -0.25) is 9.59 Å². The second-order valence-electron chi connectivity index (χ2n) is 6.54. The lowest BCUT2D eigenvalue weighted by molar-refractivity contribution is -0.137. The first-order chi connectivity index (χ1) is 12.0.